The molecule has 1 N–H and O–H groups in total. The van der Waals surface area contributed by atoms with E-state index in [4.69, 9.17) is 23.0 Å². The highest BCUT2D eigenvalue weighted by Gasteiger charge is 2.31. The zero-order valence-corrected chi connectivity index (χ0v) is 18.6. The van der Waals surface area contributed by atoms with Gasteiger partial charge in [-0.25, -0.2) is 0 Å². The average Bonchev–Trinajstić information content (AvgIpc) is 3.15. The topological polar surface area (TPSA) is 124 Å². The Balaban J connectivity index is 2.02. The lowest BCUT2D eigenvalue weighted by atomic mass is 9.99. The Kier molecular flexibility index (Phi) is 6.44. The molecule has 9 nitrogen and oxygen atoms in total. The van der Waals surface area contributed by atoms with Crippen molar-refractivity contribution in [2.45, 2.75) is 24.0 Å². The van der Waals surface area contributed by atoms with E-state index in [9.17, 15) is 20.0 Å². The minimum Gasteiger partial charge on any atom is -0.481 e. The van der Waals surface area contributed by atoms with Gasteiger partial charge in [-0.1, -0.05) is 47.5 Å². The Hall–Kier alpha value is -3.68. The number of hydrogen-bond acceptors (Lipinski definition) is 7. The molecule has 0 radical (unpaired) electrons. The molecule has 1 aliphatic heterocycles. The minimum atomic E-state index is -0.977. The van der Waals surface area contributed by atoms with Gasteiger partial charge >= 0.3 is 5.97 Å². The molecule has 0 saturated heterocycles. The summed E-state index contributed by atoms with van der Waals surface area (Å²) < 4.78 is 1.74. The van der Waals surface area contributed by atoms with Crippen LogP contribution >= 0.6 is 23.4 Å². The van der Waals surface area contributed by atoms with Crippen molar-refractivity contribution in [3.8, 4) is 18.0 Å². The fourth-order valence-electron chi connectivity index (χ4n) is 3.55. The zero-order chi connectivity index (χ0) is 23.5. The number of rotatable bonds is 7. The van der Waals surface area contributed by atoms with Gasteiger partial charge in [0.05, 0.1) is 22.1 Å². The number of carboxylic acids is 1. The second-order valence-corrected chi connectivity index (χ2v) is 8.38. The van der Waals surface area contributed by atoms with E-state index in [0.29, 0.717) is 44.3 Å². The zero-order valence-electron chi connectivity index (χ0n) is 17.0. The summed E-state index contributed by atoms with van der Waals surface area (Å²) in [4.78, 5) is 27.2. The van der Waals surface area contributed by atoms with E-state index >= 15 is 0 Å². The van der Waals surface area contributed by atoms with Crippen molar-refractivity contribution < 1.29 is 14.8 Å². The van der Waals surface area contributed by atoms with Crippen molar-refractivity contribution in [2.75, 3.05) is 5.75 Å². The van der Waals surface area contributed by atoms with Crippen molar-refractivity contribution in [3.63, 3.8) is 0 Å². The molecule has 11 heteroatoms. The summed E-state index contributed by atoms with van der Waals surface area (Å²) in [6.45, 7) is 0. The predicted octanol–water partition coefficient (Wildman–Crippen LogP) is 4.31. The number of terminal acetylenes is 1. The van der Waals surface area contributed by atoms with Crippen LogP contribution in [0.15, 0.2) is 52.6 Å². The van der Waals surface area contributed by atoms with E-state index in [1.807, 2.05) is 0 Å². The number of fused-ring (bicyclic) bond motifs is 3. The van der Waals surface area contributed by atoms with Crippen LogP contribution in [0, 0.1) is 22.5 Å². The number of thioether (sulfide) groups is 1. The van der Waals surface area contributed by atoms with Crippen molar-refractivity contribution in [1.82, 2.24) is 14.8 Å². The van der Waals surface area contributed by atoms with Crippen LogP contribution in [-0.2, 0) is 4.79 Å². The number of benzene rings is 2. The third-order valence-corrected chi connectivity index (χ3v) is 6.14. The first kappa shape index (κ1) is 22.5. The van der Waals surface area contributed by atoms with Crippen molar-refractivity contribution in [1.29, 1.82) is 0 Å². The number of nitro benzene ring substituents is 1. The smallest absolute Gasteiger partial charge is 0.303 e. The Morgan fingerprint density at radius 3 is 2.76 bits per heavy atom. The number of carboxylic acid groups (broad SMARTS) is 1. The largest absolute Gasteiger partial charge is 0.481 e. The normalized spacial score (nSPS) is 14.4. The molecule has 1 atom stereocenters. The first-order valence-electron chi connectivity index (χ1n) is 9.76. The van der Waals surface area contributed by atoms with Gasteiger partial charge in [0.1, 0.15) is 6.04 Å². The van der Waals surface area contributed by atoms with Crippen LogP contribution in [0.5, 0.6) is 0 Å². The highest BCUT2D eigenvalue weighted by Crippen LogP contribution is 2.37. The molecule has 4 rings (SSSR count). The number of nitrogens with zero attached hydrogens (tertiary/aromatic N) is 5. The summed E-state index contributed by atoms with van der Waals surface area (Å²) >= 11 is 7.75. The van der Waals surface area contributed by atoms with Gasteiger partial charge < -0.3 is 5.11 Å². The number of hydrogen-bond donors (Lipinski definition) is 1. The molecule has 3 aromatic rings. The molecule has 0 bridgehead atoms. The van der Waals surface area contributed by atoms with E-state index in [1.54, 1.807) is 34.9 Å². The minimum absolute atomic E-state index is 0.120. The Labute approximate surface area is 197 Å². The van der Waals surface area contributed by atoms with Gasteiger partial charge in [-0.2, -0.15) is 0 Å². The molecule has 2 heterocycles. The summed E-state index contributed by atoms with van der Waals surface area (Å²) in [5, 5.41) is 30.2. The Bertz CT molecular complexity index is 1330. The van der Waals surface area contributed by atoms with Gasteiger partial charge in [0.25, 0.3) is 5.69 Å². The van der Waals surface area contributed by atoms with Gasteiger partial charge in [0, 0.05) is 34.7 Å². The molecule has 166 valence electrons. The molecule has 0 spiro atoms. The molecular weight excluding hydrogens is 466 g/mol. The van der Waals surface area contributed by atoms with Crippen molar-refractivity contribution >= 4 is 40.7 Å². The molecule has 0 aliphatic carbocycles. The van der Waals surface area contributed by atoms with Crippen LogP contribution in [0.3, 0.4) is 0 Å². The van der Waals surface area contributed by atoms with E-state index in [-0.39, 0.29) is 18.5 Å². The quantitative estimate of drug-likeness (QED) is 0.231. The molecular formula is C22H16ClN5O4S. The lowest BCUT2D eigenvalue weighted by molar-refractivity contribution is -0.384. The number of aliphatic carboxylic acids is 1. The summed E-state index contributed by atoms with van der Waals surface area (Å²) in [7, 11) is 0. The van der Waals surface area contributed by atoms with Crippen LogP contribution in [0.25, 0.3) is 5.69 Å². The summed E-state index contributed by atoms with van der Waals surface area (Å²) in [5.74, 6) is 2.32. The summed E-state index contributed by atoms with van der Waals surface area (Å²) in [6.07, 6.45) is 5.41. The van der Waals surface area contributed by atoms with E-state index in [0.717, 1.165) is 0 Å². The molecule has 0 amide bonds. The van der Waals surface area contributed by atoms with Crippen LogP contribution in [-0.4, -0.2) is 42.2 Å². The molecule has 33 heavy (non-hydrogen) atoms. The summed E-state index contributed by atoms with van der Waals surface area (Å²) in [5.41, 5.74) is 1.88. The first-order chi connectivity index (χ1) is 15.9. The second kappa shape index (κ2) is 9.44. The molecule has 0 fully saturated rings. The molecule has 1 aromatic heterocycles. The number of aromatic nitrogens is 3. The Morgan fingerprint density at radius 1 is 1.27 bits per heavy atom. The number of carbonyl (C=O) groups is 1. The van der Waals surface area contributed by atoms with Crippen LogP contribution in [0.2, 0.25) is 5.02 Å². The van der Waals surface area contributed by atoms with Gasteiger partial charge in [-0.05, 0) is 18.6 Å². The van der Waals surface area contributed by atoms with Crippen LogP contribution < -0.4 is 0 Å². The third kappa shape index (κ3) is 4.46. The van der Waals surface area contributed by atoms with Gasteiger partial charge in [0.2, 0.25) is 0 Å². The summed E-state index contributed by atoms with van der Waals surface area (Å²) in [6, 6.07) is 10.8. The van der Waals surface area contributed by atoms with Crippen LogP contribution in [0.4, 0.5) is 5.69 Å². The maximum atomic E-state index is 11.5. The Morgan fingerprint density at radius 2 is 2.06 bits per heavy atom. The van der Waals surface area contributed by atoms with E-state index < -0.39 is 16.9 Å². The first-order valence-corrected chi connectivity index (χ1v) is 11.1. The number of nitro groups is 1. The molecule has 0 saturated carbocycles. The average molecular weight is 482 g/mol. The van der Waals surface area contributed by atoms with Gasteiger partial charge in [-0.15, -0.1) is 16.6 Å². The molecule has 2 aromatic carbocycles. The van der Waals surface area contributed by atoms with Crippen molar-refractivity contribution in [3.05, 3.63) is 74.6 Å². The maximum Gasteiger partial charge on any atom is 0.303 e. The standard InChI is InChI=1S/C22H16ClN5O4S/c1-2-11-33-22-26-25-21-17(8-10-19(29)30)24-20(14-5-3-4-6-16(14)23)15-12-13(28(31)32)7-9-18(15)27(21)22/h1,3-7,9,12,17H,8,10-11H2,(H,29,30)/t17-/m0/s1. The SMILES string of the molecule is C#CCSc1nnc2n1-c1ccc([N+](=O)[O-])cc1C(c1ccccc1Cl)=N[C@H]2CCC(=O)O. The highest BCUT2D eigenvalue weighted by atomic mass is 35.5. The molecule has 0 unspecified atom stereocenters. The fourth-order valence-corrected chi connectivity index (χ4v) is 4.41. The number of aliphatic imine (C=N–C) groups is 1. The van der Waals surface area contributed by atoms with E-state index in [2.05, 4.69) is 16.1 Å². The lowest BCUT2D eigenvalue weighted by Crippen LogP contribution is -2.09. The second-order valence-electron chi connectivity index (χ2n) is 7.03. The van der Waals surface area contributed by atoms with Crippen LogP contribution in [0.1, 0.15) is 35.8 Å². The third-order valence-electron chi connectivity index (χ3n) is 4.97. The lowest BCUT2D eigenvalue weighted by Gasteiger charge is -2.13. The van der Waals surface area contributed by atoms with Crippen molar-refractivity contribution in [2.24, 2.45) is 4.99 Å². The number of halogens is 1. The van der Waals surface area contributed by atoms with Gasteiger partial charge in [-0.3, -0.25) is 24.5 Å². The highest BCUT2D eigenvalue weighted by molar-refractivity contribution is 7.99. The van der Waals surface area contributed by atoms with E-state index in [1.165, 1.54) is 23.9 Å². The predicted molar refractivity (Wildman–Crippen MR) is 124 cm³/mol. The maximum absolute atomic E-state index is 11.5. The molecule has 1 aliphatic rings. The fraction of sp³-hybridized carbons (Fsp3) is 0.182. The monoisotopic (exact) mass is 481 g/mol. The number of non-ortho nitro benzene ring substituents is 1. The van der Waals surface area contributed by atoms with Gasteiger partial charge in [0.15, 0.2) is 11.0 Å².